The highest BCUT2D eigenvalue weighted by Crippen LogP contribution is 2.22. The maximum Gasteiger partial charge on any atom is 0.343 e. The Balaban J connectivity index is 1.63. The van der Waals surface area contributed by atoms with Crippen molar-refractivity contribution in [1.29, 1.82) is 0 Å². The highest BCUT2D eigenvalue weighted by Gasteiger charge is 2.16. The average Bonchev–Trinajstić information content (AvgIpc) is 2.78. The fourth-order valence-electron chi connectivity index (χ4n) is 2.96. The second-order valence-electron chi connectivity index (χ2n) is 7.15. The Morgan fingerprint density at radius 2 is 1.41 bits per heavy atom. The molecular weight excluding hydrogens is 421 g/mol. The highest BCUT2D eigenvalue weighted by atomic mass is 19.2. The van der Waals surface area contributed by atoms with Crippen LogP contribution < -0.4 is 9.47 Å². The van der Waals surface area contributed by atoms with Crippen molar-refractivity contribution >= 4 is 11.9 Å². The van der Waals surface area contributed by atoms with E-state index in [9.17, 15) is 22.8 Å². The van der Waals surface area contributed by atoms with E-state index in [0.29, 0.717) is 6.07 Å². The molecule has 0 atom stereocenters. The van der Waals surface area contributed by atoms with Crippen LogP contribution in [0.2, 0.25) is 0 Å². The molecule has 32 heavy (non-hydrogen) atoms. The van der Waals surface area contributed by atoms with Gasteiger partial charge in [-0.2, -0.15) is 0 Å². The van der Waals surface area contributed by atoms with E-state index in [1.54, 1.807) is 12.1 Å². The molecule has 0 N–H and O–H groups in total. The third-order valence-electron chi connectivity index (χ3n) is 4.73. The fraction of sp³-hybridized carbons (Fsp3) is 0.200. The lowest BCUT2D eigenvalue weighted by Crippen LogP contribution is -2.12. The lowest BCUT2D eigenvalue weighted by atomic mass is 10.1. The van der Waals surface area contributed by atoms with Gasteiger partial charge in [-0.1, -0.05) is 31.9 Å². The summed E-state index contributed by atoms with van der Waals surface area (Å²) in [7, 11) is 0. The van der Waals surface area contributed by atoms with Gasteiger partial charge in [-0.3, -0.25) is 0 Å². The van der Waals surface area contributed by atoms with E-state index >= 15 is 0 Å². The van der Waals surface area contributed by atoms with Gasteiger partial charge in [0.15, 0.2) is 23.2 Å². The van der Waals surface area contributed by atoms with Crippen molar-refractivity contribution in [3.8, 4) is 11.5 Å². The molecule has 0 saturated heterocycles. The van der Waals surface area contributed by atoms with E-state index in [1.807, 2.05) is 12.1 Å². The summed E-state index contributed by atoms with van der Waals surface area (Å²) in [6.07, 6.45) is 4.24. The molecule has 0 aliphatic rings. The van der Waals surface area contributed by atoms with Gasteiger partial charge in [0.1, 0.15) is 5.75 Å². The lowest BCUT2D eigenvalue weighted by Gasteiger charge is -2.08. The van der Waals surface area contributed by atoms with Crippen LogP contribution in [0.1, 0.15) is 52.5 Å². The molecule has 3 aromatic carbocycles. The number of hydrogen-bond acceptors (Lipinski definition) is 4. The number of aryl methyl sites for hydroxylation is 1. The van der Waals surface area contributed by atoms with Gasteiger partial charge in [0, 0.05) is 6.07 Å². The molecule has 0 bridgehead atoms. The zero-order valence-corrected chi connectivity index (χ0v) is 17.4. The molecule has 4 nitrogen and oxygen atoms in total. The van der Waals surface area contributed by atoms with E-state index in [4.69, 9.17) is 9.47 Å². The van der Waals surface area contributed by atoms with Gasteiger partial charge in [-0.05, 0) is 60.9 Å². The van der Waals surface area contributed by atoms with Gasteiger partial charge < -0.3 is 9.47 Å². The largest absolute Gasteiger partial charge is 0.423 e. The molecule has 3 rings (SSSR count). The zero-order chi connectivity index (χ0) is 23.1. The van der Waals surface area contributed by atoms with E-state index in [0.717, 1.165) is 55.5 Å². The molecule has 3 aromatic rings. The Morgan fingerprint density at radius 1 is 0.719 bits per heavy atom. The summed E-state index contributed by atoms with van der Waals surface area (Å²) in [5, 5.41) is 0. The molecule has 0 aliphatic carbocycles. The number of ether oxygens (including phenoxy) is 2. The summed E-state index contributed by atoms with van der Waals surface area (Å²) in [5.41, 5.74) is 1.18. The smallest absolute Gasteiger partial charge is 0.343 e. The van der Waals surface area contributed by atoms with E-state index in [1.165, 1.54) is 6.07 Å². The predicted octanol–water partition coefficient (Wildman–Crippen LogP) is 6.28. The second-order valence-corrected chi connectivity index (χ2v) is 7.15. The monoisotopic (exact) mass is 442 g/mol. The summed E-state index contributed by atoms with van der Waals surface area (Å²) >= 11 is 0. The molecule has 7 heteroatoms. The molecule has 0 aliphatic heterocycles. The average molecular weight is 442 g/mol. The van der Waals surface area contributed by atoms with Crippen molar-refractivity contribution in [1.82, 2.24) is 0 Å². The first kappa shape index (κ1) is 23.1. The third kappa shape index (κ3) is 5.97. The van der Waals surface area contributed by atoms with Crippen molar-refractivity contribution in [2.75, 3.05) is 0 Å². The van der Waals surface area contributed by atoms with Crippen LogP contribution in [-0.2, 0) is 6.42 Å². The van der Waals surface area contributed by atoms with Crippen molar-refractivity contribution in [3.63, 3.8) is 0 Å². The summed E-state index contributed by atoms with van der Waals surface area (Å²) in [6.45, 7) is 2.13. The maximum absolute atomic E-state index is 14.4. The molecule has 0 unspecified atom stereocenters. The van der Waals surface area contributed by atoms with Crippen molar-refractivity contribution in [3.05, 3.63) is 94.8 Å². The quantitative estimate of drug-likeness (QED) is 0.234. The van der Waals surface area contributed by atoms with Crippen LogP contribution >= 0.6 is 0 Å². The van der Waals surface area contributed by atoms with Gasteiger partial charge in [-0.25, -0.2) is 22.8 Å². The summed E-state index contributed by atoms with van der Waals surface area (Å²) in [5.74, 6) is -5.53. The number of esters is 2. The first-order valence-corrected chi connectivity index (χ1v) is 10.1. The number of hydrogen-bond donors (Lipinski definition) is 0. The Bertz CT molecular complexity index is 1110. The van der Waals surface area contributed by atoms with Gasteiger partial charge in [0.05, 0.1) is 11.1 Å². The minimum Gasteiger partial charge on any atom is -0.423 e. The van der Waals surface area contributed by atoms with Gasteiger partial charge in [-0.15, -0.1) is 0 Å². The number of rotatable bonds is 8. The SMILES string of the molecule is CCCCCc1ccc(C(=O)Oc2ccc(C(=O)Oc3ccc(F)c(F)c3)cc2F)cc1. The van der Waals surface area contributed by atoms with Crippen LogP contribution in [0.3, 0.4) is 0 Å². The van der Waals surface area contributed by atoms with Gasteiger partial charge >= 0.3 is 11.9 Å². The molecule has 0 saturated carbocycles. The summed E-state index contributed by atoms with van der Waals surface area (Å²) in [6, 6.07) is 12.6. The predicted molar refractivity (Wildman–Crippen MR) is 112 cm³/mol. The first-order chi connectivity index (χ1) is 15.4. The van der Waals surface area contributed by atoms with Crippen molar-refractivity contribution < 1.29 is 32.2 Å². The first-order valence-electron chi connectivity index (χ1n) is 10.1. The lowest BCUT2D eigenvalue weighted by molar-refractivity contribution is 0.0727. The number of carbonyl (C=O) groups is 2. The van der Waals surface area contributed by atoms with Crippen molar-refractivity contribution in [2.45, 2.75) is 32.6 Å². The van der Waals surface area contributed by atoms with Crippen LogP contribution in [0.15, 0.2) is 60.7 Å². The van der Waals surface area contributed by atoms with Crippen LogP contribution in [0.4, 0.5) is 13.2 Å². The Kier molecular flexibility index (Phi) is 7.65. The van der Waals surface area contributed by atoms with Gasteiger partial charge in [0.25, 0.3) is 0 Å². The molecule has 0 fully saturated rings. The normalized spacial score (nSPS) is 10.6. The minimum absolute atomic E-state index is 0.191. The van der Waals surface area contributed by atoms with E-state index < -0.39 is 29.4 Å². The number of unbranched alkanes of at least 4 members (excludes halogenated alkanes) is 2. The summed E-state index contributed by atoms with van der Waals surface area (Å²) in [4.78, 5) is 24.4. The highest BCUT2D eigenvalue weighted by molar-refractivity contribution is 5.92. The zero-order valence-electron chi connectivity index (χ0n) is 17.4. The number of benzene rings is 3. The van der Waals surface area contributed by atoms with Crippen LogP contribution in [0, 0.1) is 17.5 Å². The Hall–Kier alpha value is -3.61. The fourth-order valence-corrected chi connectivity index (χ4v) is 2.96. The topological polar surface area (TPSA) is 52.6 Å². The van der Waals surface area contributed by atoms with Crippen LogP contribution in [0.5, 0.6) is 11.5 Å². The minimum atomic E-state index is -1.18. The van der Waals surface area contributed by atoms with Crippen LogP contribution in [0.25, 0.3) is 0 Å². The summed E-state index contributed by atoms with van der Waals surface area (Å²) < 4.78 is 50.6. The molecule has 0 heterocycles. The van der Waals surface area contributed by atoms with Gasteiger partial charge in [0.2, 0.25) is 0 Å². The third-order valence-corrected chi connectivity index (χ3v) is 4.73. The standard InChI is InChI=1S/C25H21F3O4/c1-2-3-4-5-16-6-8-17(9-7-16)24(29)32-23-13-10-18(14-22(23)28)25(30)31-19-11-12-20(26)21(27)15-19/h6-15H,2-5H2,1H3. The molecule has 0 radical (unpaired) electrons. The van der Waals surface area contributed by atoms with Crippen molar-refractivity contribution in [2.24, 2.45) is 0 Å². The van der Waals surface area contributed by atoms with Crippen LogP contribution in [-0.4, -0.2) is 11.9 Å². The van der Waals surface area contributed by atoms with E-state index in [2.05, 4.69) is 6.92 Å². The molecular formula is C25H21F3O4. The second kappa shape index (κ2) is 10.6. The Labute approximate surface area is 183 Å². The maximum atomic E-state index is 14.4. The number of carbonyl (C=O) groups excluding carboxylic acids is 2. The molecule has 166 valence electrons. The molecule has 0 amide bonds. The molecule has 0 aromatic heterocycles. The Morgan fingerprint density at radius 3 is 2.06 bits per heavy atom. The van der Waals surface area contributed by atoms with E-state index in [-0.39, 0.29) is 22.6 Å². The molecule has 0 spiro atoms. The number of halogens is 3.